The third-order valence-electron chi connectivity index (χ3n) is 4.98. The Balaban J connectivity index is 1.39. The second-order valence-corrected chi connectivity index (χ2v) is 9.30. The maximum atomic E-state index is 12.8. The van der Waals surface area contributed by atoms with Gasteiger partial charge in [0.15, 0.2) is 10.3 Å². The molecule has 0 aliphatic heterocycles. The molecule has 0 saturated carbocycles. The largest absolute Gasteiger partial charge is 0.466 e. The Labute approximate surface area is 193 Å². The van der Waals surface area contributed by atoms with E-state index in [1.54, 1.807) is 24.4 Å². The highest BCUT2D eigenvalue weighted by Crippen LogP contribution is 2.39. The standard InChI is InChI=1S/C22H22N4O4S2/c1-3-30-17(27)10-14-11-31-21(23-14)26-20(29)15-8-9-16-18(15)24-22(32-16)25-19(28)13-6-4-12(2)5-7-13/h4-7,11,15H,3,8-10H2,1-2H3,(H,23,26,29)(H,24,25,28). The van der Waals surface area contributed by atoms with Gasteiger partial charge >= 0.3 is 5.97 Å². The number of hydrogen-bond acceptors (Lipinski definition) is 8. The third kappa shape index (κ3) is 5.03. The summed E-state index contributed by atoms with van der Waals surface area (Å²) in [5.41, 5.74) is 2.90. The smallest absolute Gasteiger partial charge is 0.311 e. The quantitative estimate of drug-likeness (QED) is 0.506. The van der Waals surface area contributed by atoms with Crippen LogP contribution in [-0.2, 0) is 27.2 Å². The number of anilines is 2. The highest BCUT2D eigenvalue weighted by Gasteiger charge is 2.33. The molecular formula is C22H22N4O4S2. The second kappa shape index (κ2) is 9.58. The number of esters is 1. The zero-order valence-electron chi connectivity index (χ0n) is 17.6. The predicted molar refractivity (Wildman–Crippen MR) is 123 cm³/mol. The van der Waals surface area contributed by atoms with Gasteiger partial charge in [-0.3, -0.25) is 19.7 Å². The van der Waals surface area contributed by atoms with Crippen molar-refractivity contribution in [2.24, 2.45) is 0 Å². The summed E-state index contributed by atoms with van der Waals surface area (Å²) >= 11 is 2.67. The molecule has 32 heavy (non-hydrogen) atoms. The van der Waals surface area contributed by atoms with E-state index >= 15 is 0 Å². The SMILES string of the molecule is CCOC(=O)Cc1csc(NC(=O)C2CCc3sc(NC(=O)c4ccc(C)cc4)nc32)n1. The summed E-state index contributed by atoms with van der Waals surface area (Å²) in [5.74, 6) is -1.17. The van der Waals surface area contributed by atoms with Crippen LogP contribution in [0, 0.1) is 6.92 Å². The lowest BCUT2D eigenvalue weighted by atomic mass is 10.1. The molecule has 10 heteroatoms. The van der Waals surface area contributed by atoms with E-state index < -0.39 is 5.92 Å². The van der Waals surface area contributed by atoms with Gasteiger partial charge in [0.05, 0.1) is 30.3 Å². The number of aromatic nitrogens is 2. The fraction of sp³-hybridized carbons (Fsp3) is 0.318. The zero-order valence-corrected chi connectivity index (χ0v) is 19.3. The van der Waals surface area contributed by atoms with Gasteiger partial charge in [-0.25, -0.2) is 9.97 Å². The van der Waals surface area contributed by atoms with Crippen molar-refractivity contribution in [2.45, 2.75) is 39.0 Å². The van der Waals surface area contributed by atoms with Crippen molar-refractivity contribution >= 4 is 50.7 Å². The van der Waals surface area contributed by atoms with Gasteiger partial charge < -0.3 is 10.1 Å². The van der Waals surface area contributed by atoms with Crippen molar-refractivity contribution in [1.29, 1.82) is 0 Å². The molecular weight excluding hydrogens is 448 g/mol. The van der Waals surface area contributed by atoms with Gasteiger partial charge in [0, 0.05) is 15.8 Å². The van der Waals surface area contributed by atoms with Gasteiger partial charge in [-0.15, -0.1) is 22.7 Å². The van der Waals surface area contributed by atoms with E-state index in [0.29, 0.717) is 40.2 Å². The van der Waals surface area contributed by atoms with Crippen molar-refractivity contribution in [3.63, 3.8) is 0 Å². The molecule has 2 amide bonds. The normalized spacial score (nSPS) is 14.6. The number of ether oxygens (including phenoxy) is 1. The van der Waals surface area contributed by atoms with E-state index in [1.807, 2.05) is 19.1 Å². The minimum atomic E-state index is -0.399. The number of rotatable bonds is 7. The van der Waals surface area contributed by atoms with Gasteiger partial charge in [-0.1, -0.05) is 17.7 Å². The topological polar surface area (TPSA) is 110 Å². The molecule has 1 unspecified atom stereocenters. The number of fused-ring (bicyclic) bond motifs is 1. The van der Waals surface area contributed by atoms with Crippen molar-refractivity contribution in [3.05, 3.63) is 57.0 Å². The Morgan fingerprint density at radius 3 is 2.66 bits per heavy atom. The van der Waals surface area contributed by atoms with Crippen molar-refractivity contribution in [2.75, 3.05) is 17.2 Å². The maximum Gasteiger partial charge on any atom is 0.311 e. The van der Waals surface area contributed by atoms with Crippen LogP contribution in [0.4, 0.5) is 10.3 Å². The molecule has 1 aliphatic rings. The molecule has 2 aromatic heterocycles. The minimum Gasteiger partial charge on any atom is -0.466 e. The molecule has 4 rings (SSSR count). The fourth-order valence-electron chi connectivity index (χ4n) is 3.41. The number of nitrogens with one attached hydrogen (secondary N) is 2. The number of carbonyl (C=O) groups is 3. The summed E-state index contributed by atoms with van der Waals surface area (Å²) in [7, 11) is 0. The lowest BCUT2D eigenvalue weighted by molar-refractivity contribution is -0.142. The Morgan fingerprint density at radius 1 is 1.12 bits per heavy atom. The van der Waals surface area contributed by atoms with Gasteiger partial charge in [0.25, 0.3) is 5.91 Å². The summed E-state index contributed by atoms with van der Waals surface area (Å²) in [5, 5.41) is 8.31. The number of carbonyl (C=O) groups excluding carboxylic acids is 3. The Kier molecular flexibility index (Phi) is 6.61. The number of amides is 2. The molecule has 8 nitrogen and oxygen atoms in total. The Morgan fingerprint density at radius 2 is 1.91 bits per heavy atom. The van der Waals surface area contributed by atoms with E-state index in [4.69, 9.17) is 4.74 Å². The summed E-state index contributed by atoms with van der Waals surface area (Å²) in [4.78, 5) is 46.7. The van der Waals surface area contributed by atoms with Gasteiger partial charge in [-0.05, 0) is 38.8 Å². The molecule has 3 aromatic rings. The summed E-state index contributed by atoms with van der Waals surface area (Å²) < 4.78 is 4.92. The fourth-order valence-corrected chi connectivity index (χ4v) is 5.15. The highest BCUT2D eigenvalue weighted by molar-refractivity contribution is 7.16. The van der Waals surface area contributed by atoms with Crippen LogP contribution < -0.4 is 10.6 Å². The Hall–Kier alpha value is -3.11. The molecule has 0 radical (unpaired) electrons. The number of hydrogen-bond donors (Lipinski definition) is 2. The lowest BCUT2D eigenvalue weighted by Gasteiger charge is -2.08. The third-order valence-corrected chi connectivity index (χ3v) is 6.83. The molecule has 1 atom stereocenters. The van der Waals surface area contributed by atoms with Crippen LogP contribution in [0.15, 0.2) is 29.6 Å². The molecule has 0 fully saturated rings. The highest BCUT2D eigenvalue weighted by atomic mass is 32.1. The molecule has 1 aliphatic carbocycles. The van der Waals surface area contributed by atoms with E-state index in [9.17, 15) is 14.4 Å². The van der Waals surface area contributed by atoms with Crippen LogP contribution in [0.3, 0.4) is 0 Å². The van der Waals surface area contributed by atoms with Gasteiger partial charge in [0.1, 0.15) is 0 Å². The average molecular weight is 471 g/mol. The minimum absolute atomic E-state index is 0.0733. The first-order chi connectivity index (χ1) is 15.4. The summed E-state index contributed by atoms with van der Waals surface area (Å²) in [6, 6.07) is 7.31. The second-order valence-electron chi connectivity index (χ2n) is 7.35. The molecule has 0 bridgehead atoms. The first kappa shape index (κ1) is 22.1. The van der Waals surface area contributed by atoms with E-state index in [1.165, 1.54) is 22.7 Å². The van der Waals surface area contributed by atoms with Gasteiger partial charge in [0.2, 0.25) is 5.91 Å². The Bertz CT molecular complexity index is 1150. The van der Waals surface area contributed by atoms with Crippen molar-refractivity contribution in [3.8, 4) is 0 Å². The first-order valence-corrected chi connectivity index (χ1v) is 11.9. The number of thiazole rings is 2. The van der Waals surface area contributed by atoms with E-state index in [2.05, 4.69) is 20.6 Å². The van der Waals surface area contributed by atoms with E-state index in [-0.39, 0.29) is 24.2 Å². The summed E-state index contributed by atoms with van der Waals surface area (Å²) in [6.45, 7) is 4.03. The van der Waals surface area contributed by atoms with Crippen LogP contribution in [-0.4, -0.2) is 34.4 Å². The lowest BCUT2D eigenvalue weighted by Crippen LogP contribution is -2.20. The number of nitrogens with zero attached hydrogens (tertiary/aromatic N) is 2. The number of aryl methyl sites for hydroxylation is 2. The summed E-state index contributed by atoms with van der Waals surface area (Å²) in [6.07, 6.45) is 1.47. The van der Waals surface area contributed by atoms with Crippen molar-refractivity contribution < 1.29 is 19.1 Å². The molecule has 2 heterocycles. The molecule has 2 N–H and O–H groups in total. The number of benzene rings is 1. The molecule has 1 aromatic carbocycles. The monoisotopic (exact) mass is 470 g/mol. The van der Waals surface area contributed by atoms with Crippen molar-refractivity contribution in [1.82, 2.24) is 9.97 Å². The molecule has 0 spiro atoms. The van der Waals surface area contributed by atoms with Crippen LogP contribution in [0.5, 0.6) is 0 Å². The van der Waals surface area contributed by atoms with E-state index in [0.717, 1.165) is 16.9 Å². The maximum absolute atomic E-state index is 12.8. The zero-order chi connectivity index (χ0) is 22.7. The van der Waals surface area contributed by atoms with Gasteiger partial charge in [-0.2, -0.15) is 0 Å². The van der Waals surface area contributed by atoms with Crippen LogP contribution >= 0.6 is 22.7 Å². The van der Waals surface area contributed by atoms with Crippen LogP contribution in [0.25, 0.3) is 0 Å². The first-order valence-electron chi connectivity index (χ1n) is 10.2. The van der Waals surface area contributed by atoms with Crippen LogP contribution in [0.1, 0.15) is 51.4 Å². The molecule has 166 valence electrons. The van der Waals surface area contributed by atoms with Crippen LogP contribution in [0.2, 0.25) is 0 Å². The predicted octanol–water partition coefficient (Wildman–Crippen LogP) is 3.93. The average Bonchev–Trinajstić information content (AvgIpc) is 3.44. The molecule has 0 saturated heterocycles.